The Morgan fingerprint density at radius 2 is 1.76 bits per heavy atom. The molecule has 3 heterocycles. The first-order chi connectivity index (χ1) is 19.8. The van der Waals surface area contributed by atoms with E-state index in [-0.39, 0.29) is 22.8 Å². The summed E-state index contributed by atoms with van der Waals surface area (Å²) in [6, 6.07) is 19.3. The van der Waals surface area contributed by atoms with Crippen LogP contribution in [0.1, 0.15) is 30.9 Å². The molecule has 1 atom stereocenters. The SMILES string of the molecule is CC(Sc1nnc(-c2cccn(Cc3ccccc3)c2=O)n1C)C(=O)NC1CCN(Cc2ccc(Cl)c(Cl)c2)CC1. The molecule has 8 nitrogen and oxygen atoms in total. The van der Waals surface area contributed by atoms with Crippen LogP contribution >= 0.6 is 35.0 Å². The second-order valence-corrected chi connectivity index (χ2v) is 12.4. The zero-order valence-electron chi connectivity index (χ0n) is 23.0. The van der Waals surface area contributed by atoms with Gasteiger partial charge in [0.1, 0.15) is 0 Å². The zero-order valence-corrected chi connectivity index (χ0v) is 25.3. The smallest absolute Gasteiger partial charge is 0.261 e. The standard InChI is InChI=1S/C30H32Cl2N6O2S/c1-20(28(39)33-23-12-15-37(16-13-23)18-22-10-11-25(31)26(32)17-22)41-30-35-34-27(36(30)2)24-9-6-14-38(29(24)40)19-21-7-4-3-5-8-21/h3-11,14,17,20,23H,12-13,15-16,18-19H2,1-2H3,(H,33,39). The van der Waals surface area contributed by atoms with Crippen molar-refractivity contribution in [3.63, 3.8) is 0 Å². The maximum absolute atomic E-state index is 13.2. The fraction of sp³-hybridized carbons (Fsp3) is 0.333. The van der Waals surface area contributed by atoms with Crippen molar-refractivity contribution >= 4 is 40.9 Å². The highest BCUT2D eigenvalue weighted by atomic mass is 35.5. The highest BCUT2D eigenvalue weighted by molar-refractivity contribution is 8.00. The van der Waals surface area contributed by atoms with Gasteiger partial charge in [-0.25, -0.2) is 0 Å². The van der Waals surface area contributed by atoms with Gasteiger partial charge < -0.3 is 14.5 Å². The average molecular weight is 612 g/mol. The Morgan fingerprint density at radius 1 is 1.00 bits per heavy atom. The van der Waals surface area contributed by atoms with E-state index in [1.807, 2.05) is 68.6 Å². The van der Waals surface area contributed by atoms with Gasteiger partial charge in [-0.15, -0.1) is 10.2 Å². The number of amides is 1. The first-order valence-electron chi connectivity index (χ1n) is 13.5. The molecule has 0 bridgehead atoms. The number of likely N-dealkylation sites (tertiary alicyclic amines) is 1. The molecule has 0 aliphatic carbocycles. The first-order valence-corrected chi connectivity index (χ1v) is 15.2. The molecule has 0 spiro atoms. The van der Waals surface area contributed by atoms with Gasteiger partial charge in [-0.2, -0.15) is 0 Å². The summed E-state index contributed by atoms with van der Waals surface area (Å²) >= 11 is 13.5. The van der Waals surface area contributed by atoms with Crippen LogP contribution in [-0.2, 0) is 24.9 Å². The van der Waals surface area contributed by atoms with Crippen LogP contribution in [0.5, 0.6) is 0 Å². The molecule has 1 saturated heterocycles. The second kappa shape index (κ2) is 13.2. The molecule has 4 aromatic rings. The van der Waals surface area contributed by atoms with Gasteiger partial charge in [-0.1, -0.05) is 71.4 Å². The Balaban J connectivity index is 1.16. The van der Waals surface area contributed by atoms with Gasteiger partial charge in [0.2, 0.25) is 5.91 Å². The van der Waals surface area contributed by atoms with Crippen molar-refractivity contribution in [2.45, 2.75) is 49.3 Å². The van der Waals surface area contributed by atoms with Gasteiger partial charge in [0.15, 0.2) is 11.0 Å². The van der Waals surface area contributed by atoms with E-state index in [0.29, 0.717) is 33.1 Å². The van der Waals surface area contributed by atoms with E-state index >= 15 is 0 Å². The Bertz CT molecular complexity index is 1570. The van der Waals surface area contributed by atoms with Gasteiger partial charge in [0.05, 0.1) is 27.4 Å². The number of pyridine rings is 1. The van der Waals surface area contributed by atoms with E-state index in [9.17, 15) is 9.59 Å². The lowest BCUT2D eigenvalue weighted by molar-refractivity contribution is -0.121. The second-order valence-electron chi connectivity index (χ2n) is 10.3. The van der Waals surface area contributed by atoms with Crippen LogP contribution < -0.4 is 10.9 Å². The number of piperidine rings is 1. The molecule has 1 N–H and O–H groups in total. The van der Waals surface area contributed by atoms with Crippen molar-refractivity contribution in [3.8, 4) is 11.4 Å². The maximum atomic E-state index is 13.2. The molecule has 41 heavy (non-hydrogen) atoms. The molecule has 1 aliphatic rings. The third-order valence-corrected chi connectivity index (χ3v) is 9.14. The van der Waals surface area contributed by atoms with E-state index < -0.39 is 0 Å². The van der Waals surface area contributed by atoms with Crippen LogP contribution in [0.2, 0.25) is 10.0 Å². The number of rotatable bonds is 9. The molecule has 0 radical (unpaired) electrons. The Morgan fingerprint density at radius 3 is 2.49 bits per heavy atom. The molecular weight excluding hydrogens is 579 g/mol. The normalized spacial score (nSPS) is 15.1. The van der Waals surface area contributed by atoms with Gasteiger partial charge in [-0.05, 0) is 55.2 Å². The number of aromatic nitrogens is 4. The Kier molecular flexibility index (Phi) is 9.49. The van der Waals surface area contributed by atoms with Gasteiger partial charge >= 0.3 is 0 Å². The van der Waals surface area contributed by atoms with Crippen LogP contribution in [0.25, 0.3) is 11.4 Å². The summed E-state index contributed by atoms with van der Waals surface area (Å²) in [6.45, 7) is 4.91. The average Bonchev–Trinajstić information content (AvgIpc) is 3.32. The van der Waals surface area contributed by atoms with Gasteiger partial charge in [-0.3, -0.25) is 14.5 Å². The lowest BCUT2D eigenvalue weighted by atomic mass is 10.0. The fourth-order valence-corrected chi connectivity index (χ4v) is 6.07. The fourth-order valence-electron chi connectivity index (χ4n) is 4.93. The summed E-state index contributed by atoms with van der Waals surface area (Å²) in [5.41, 5.74) is 2.49. The maximum Gasteiger partial charge on any atom is 0.261 e. The summed E-state index contributed by atoms with van der Waals surface area (Å²) in [4.78, 5) is 28.6. The summed E-state index contributed by atoms with van der Waals surface area (Å²) in [7, 11) is 1.82. The molecule has 0 saturated carbocycles. The lowest BCUT2D eigenvalue weighted by Crippen LogP contribution is -2.46. The molecule has 1 fully saturated rings. The number of carbonyl (C=O) groups is 1. The largest absolute Gasteiger partial charge is 0.352 e. The number of nitrogens with one attached hydrogen (secondary N) is 1. The third kappa shape index (κ3) is 7.22. The van der Waals surface area contributed by atoms with Crippen LogP contribution in [0.4, 0.5) is 0 Å². The van der Waals surface area contributed by atoms with Crippen molar-refractivity contribution in [1.82, 2.24) is 29.5 Å². The summed E-state index contributed by atoms with van der Waals surface area (Å²) < 4.78 is 3.44. The van der Waals surface area contributed by atoms with Crippen molar-refractivity contribution in [2.75, 3.05) is 13.1 Å². The van der Waals surface area contributed by atoms with Crippen molar-refractivity contribution in [3.05, 3.63) is 98.4 Å². The van der Waals surface area contributed by atoms with Crippen molar-refractivity contribution < 1.29 is 4.79 Å². The molecular formula is C30H32Cl2N6O2S. The Labute approximate surface area is 253 Å². The molecule has 1 aliphatic heterocycles. The molecule has 5 rings (SSSR count). The minimum absolute atomic E-state index is 0.0348. The number of hydrogen-bond acceptors (Lipinski definition) is 6. The van der Waals surface area contributed by atoms with E-state index in [0.717, 1.165) is 43.6 Å². The highest BCUT2D eigenvalue weighted by Gasteiger charge is 2.25. The highest BCUT2D eigenvalue weighted by Crippen LogP contribution is 2.26. The van der Waals surface area contributed by atoms with Crippen LogP contribution in [0.15, 0.2) is 76.8 Å². The molecule has 1 amide bonds. The number of hydrogen-bond donors (Lipinski definition) is 1. The lowest BCUT2D eigenvalue weighted by Gasteiger charge is -2.32. The summed E-state index contributed by atoms with van der Waals surface area (Å²) in [5.74, 6) is 0.439. The van der Waals surface area contributed by atoms with Crippen LogP contribution in [0.3, 0.4) is 0 Å². The molecule has 214 valence electrons. The Hall–Kier alpha value is -3.11. The zero-order chi connectivity index (χ0) is 28.9. The van der Waals surface area contributed by atoms with Crippen molar-refractivity contribution in [1.29, 1.82) is 0 Å². The number of thioether (sulfide) groups is 1. The van der Waals surface area contributed by atoms with E-state index in [1.165, 1.54) is 11.8 Å². The van der Waals surface area contributed by atoms with E-state index in [4.69, 9.17) is 23.2 Å². The van der Waals surface area contributed by atoms with Gasteiger partial charge in [0, 0.05) is 38.9 Å². The predicted octanol–water partition coefficient (Wildman–Crippen LogP) is 5.26. The number of halogens is 2. The van der Waals surface area contributed by atoms with Crippen LogP contribution in [-0.4, -0.2) is 54.5 Å². The minimum Gasteiger partial charge on any atom is -0.352 e. The number of nitrogens with zero attached hydrogens (tertiary/aromatic N) is 5. The van der Waals surface area contributed by atoms with E-state index in [2.05, 4.69) is 20.4 Å². The summed E-state index contributed by atoms with van der Waals surface area (Å²) in [5, 5.41) is 13.1. The monoisotopic (exact) mass is 610 g/mol. The molecule has 2 aromatic carbocycles. The number of carbonyl (C=O) groups excluding carboxylic acids is 1. The third-order valence-electron chi connectivity index (χ3n) is 7.27. The molecule has 2 aromatic heterocycles. The topological polar surface area (TPSA) is 85.0 Å². The quantitative estimate of drug-likeness (QED) is 0.260. The number of benzene rings is 2. The molecule has 1 unspecified atom stereocenters. The predicted molar refractivity (Wildman–Crippen MR) is 164 cm³/mol. The first kappa shape index (κ1) is 29.4. The van der Waals surface area contributed by atoms with E-state index in [1.54, 1.807) is 21.4 Å². The van der Waals surface area contributed by atoms with Crippen LogP contribution in [0, 0.1) is 0 Å². The van der Waals surface area contributed by atoms with Gasteiger partial charge in [0.25, 0.3) is 5.56 Å². The molecule has 11 heteroatoms. The minimum atomic E-state index is -0.370. The van der Waals surface area contributed by atoms with Crippen molar-refractivity contribution in [2.24, 2.45) is 7.05 Å². The summed E-state index contributed by atoms with van der Waals surface area (Å²) in [6.07, 6.45) is 3.53.